The third kappa shape index (κ3) is 4.46. The van der Waals surface area contributed by atoms with Gasteiger partial charge in [0.25, 0.3) is 0 Å². The highest BCUT2D eigenvalue weighted by molar-refractivity contribution is 6.41. The van der Waals surface area contributed by atoms with E-state index in [2.05, 4.69) is 10.5 Å². The zero-order valence-electron chi connectivity index (χ0n) is 15.1. The number of aromatic nitrogens is 2. The van der Waals surface area contributed by atoms with Crippen LogP contribution in [0.3, 0.4) is 0 Å². The molecular formula is C22H15Cl3N4. The molecule has 4 rings (SSSR count). The maximum atomic E-state index is 6.21. The van der Waals surface area contributed by atoms with Crippen LogP contribution < -0.4 is 5.43 Å². The van der Waals surface area contributed by atoms with E-state index in [1.165, 1.54) is 0 Å². The van der Waals surface area contributed by atoms with Crippen LogP contribution in [0.25, 0.3) is 16.9 Å². The summed E-state index contributed by atoms with van der Waals surface area (Å²) in [5.74, 6) is 0. The first-order chi connectivity index (χ1) is 14.1. The van der Waals surface area contributed by atoms with Gasteiger partial charge < -0.3 is 0 Å². The van der Waals surface area contributed by atoms with Crippen molar-refractivity contribution in [1.82, 2.24) is 9.78 Å². The molecule has 0 atom stereocenters. The Hall–Kier alpha value is -2.79. The molecule has 0 aliphatic rings. The van der Waals surface area contributed by atoms with Crippen molar-refractivity contribution in [2.75, 3.05) is 5.43 Å². The van der Waals surface area contributed by atoms with E-state index in [1.807, 2.05) is 71.5 Å². The molecule has 0 saturated heterocycles. The fraction of sp³-hybridized carbons (Fsp3) is 0. The third-order valence-corrected chi connectivity index (χ3v) is 5.01. The number of hydrogen-bond donors (Lipinski definition) is 1. The van der Waals surface area contributed by atoms with Crippen molar-refractivity contribution in [2.24, 2.45) is 5.10 Å². The van der Waals surface area contributed by atoms with Crippen LogP contribution in [0.5, 0.6) is 0 Å². The summed E-state index contributed by atoms with van der Waals surface area (Å²) in [6.07, 6.45) is 3.62. The number of nitrogens with one attached hydrogen (secondary N) is 1. The predicted octanol–water partition coefficient (Wildman–Crippen LogP) is 6.95. The molecule has 1 heterocycles. The minimum absolute atomic E-state index is 0.392. The fourth-order valence-electron chi connectivity index (χ4n) is 2.83. The summed E-state index contributed by atoms with van der Waals surface area (Å²) in [6, 6.07) is 23.1. The number of benzene rings is 3. The lowest BCUT2D eigenvalue weighted by Gasteiger charge is -2.06. The summed E-state index contributed by atoms with van der Waals surface area (Å²) in [7, 11) is 0. The van der Waals surface area contributed by atoms with Crippen molar-refractivity contribution in [2.45, 2.75) is 0 Å². The molecular weight excluding hydrogens is 427 g/mol. The maximum absolute atomic E-state index is 6.21. The Morgan fingerprint density at radius 1 is 0.862 bits per heavy atom. The van der Waals surface area contributed by atoms with Gasteiger partial charge in [0.15, 0.2) is 0 Å². The van der Waals surface area contributed by atoms with Crippen LogP contribution >= 0.6 is 34.8 Å². The molecule has 0 aliphatic heterocycles. The molecule has 0 saturated carbocycles. The van der Waals surface area contributed by atoms with Crippen molar-refractivity contribution >= 4 is 46.7 Å². The van der Waals surface area contributed by atoms with Gasteiger partial charge in [0.05, 0.1) is 27.6 Å². The van der Waals surface area contributed by atoms with Gasteiger partial charge in [-0.1, -0.05) is 83.3 Å². The highest BCUT2D eigenvalue weighted by Crippen LogP contribution is 2.33. The molecule has 3 aromatic carbocycles. The second kappa shape index (κ2) is 8.70. The molecule has 4 aromatic rings. The van der Waals surface area contributed by atoms with Gasteiger partial charge in [0, 0.05) is 22.3 Å². The molecule has 7 heteroatoms. The van der Waals surface area contributed by atoms with Crippen LogP contribution in [-0.2, 0) is 0 Å². The lowest BCUT2D eigenvalue weighted by atomic mass is 10.1. The van der Waals surface area contributed by atoms with Gasteiger partial charge in [-0.25, -0.2) is 4.68 Å². The second-order valence-electron chi connectivity index (χ2n) is 6.19. The van der Waals surface area contributed by atoms with Crippen LogP contribution in [0, 0.1) is 0 Å². The Balaban J connectivity index is 1.69. The number of para-hydroxylation sites is 1. The number of hydrogen-bond acceptors (Lipinski definition) is 3. The van der Waals surface area contributed by atoms with Crippen molar-refractivity contribution in [1.29, 1.82) is 0 Å². The molecule has 0 aliphatic carbocycles. The Labute approximate surface area is 183 Å². The smallest absolute Gasteiger partial charge is 0.102 e. The molecule has 1 aromatic heterocycles. The monoisotopic (exact) mass is 440 g/mol. The standard InChI is InChI=1S/C22H15Cl3N4/c23-17-11-19(24)22(20(25)12-17)27-26-13-16-14-29(18-9-5-2-6-10-18)28-21(16)15-7-3-1-4-8-15/h1-14,27H/b26-13-. The lowest BCUT2D eigenvalue weighted by Crippen LogP contribution is -1.93. The highest BCUT2D eigenvalue weighted by Gasteiger charge is 2.11. The Kier molecular flexibility index (Phi) is 5.86. The normalized spacial score (nSPS) is 11.1. The summed E-state index contributed by atoms with van der Waals surface area (Å²) >= 11 is 18.4. The van der Waals surface area contributed by atoms with Gasteiger partial charge in [-0.2, -0.15) is 10.2 Å². The van der Waals surface area contributed by atoms with Crippen molar-refractivity contribution in [3.8, 4) is 16.9 Å². The Bertz CT molecular complexity index is 1130. The predicted molar refractivity (Wildman–Crippen MR) is 122 cm³/mol. The number of rotatable bonds is 5. The number of anilines is 1. The average molecular weight is 442 g/mol. The molecule has 0 fully saturated rings. The first-order valence-corrected chi connectivity index (χ1v) is 9.89. The van der Waals surface area contributed by atoms with Gasteiger partial charge in [-0.05, 0) is 24.3 Å². The zero-order valence-corrected chi connectivity index (χ0v) is 17.3. The molecule has 1 N–H and O–H groups in total. The molecule has 4 nitrogen and oxygen atoms in total. The van der Waals surface area contributed by atoms with Crippen LogP contribution in [0.2, 0.25) is 15.1 Å². The third-order valence-electron chi connectivity index (χ3n) is 4.20. The zero-order chi connectivity index (χ0) is 20.2. The summed E-state index contributed by atoms with van der Waals surface area (Å²) in [5.41, 5.74) is 6.99. The van der Waals surface area contributed by atoms with E-state index in [9.17, 15) is 0 Å². The molecule has 29 heavy (non-hydrogen) atoms. The van der Waals surface area contributed by atoms with E-state index < -0.39 is 0 Å². The molecule has 144 valence electrons. The van der Waals surface area contributed by atoms with E-state index in [1.54, 1.807) is 18.3 Å². The van der Waals surface area contributed by atoms with Crippen LogP contribution in [0.15, 0.2) is 84.1 Å². The second-order valence-corrected chi connectivity index (χ2v) is 7.44. The number of halogens is 3. The number of hydrazone groups is 1. The molecule has 0 bridgehead atoms. The SMILES string of the molecule is Clc1cc(Cl)c(N/N=C\c2cn(-c3ccccc3)nc2-c2ccccc2)c(Cl)c1. The summed E-state index contributed by atoms with van der Waals surface area (Å²) in [6.45, 7) is 0. The molecule has 0 radical (unpaired) electrons. The van der Waals surface area contributed by atoms with Gasteiger partial charge in [-0.3, -0.25) is 5.43 Å². The van der Waals surface area contributed by atoms with Crippen LogP contribution in [0.4, 0.5) is 5.69 Å². The van der Waals surface area contributed by atoms with Crippen molar-refractivity contribution < 1.29 is 0 Å². The van der Waals surface area contributed by atoms with Crippen LogP contribution in [0.1, 0.15) is 5.56 Å². The Morgan fingerprint density at radius 2 is 1.48 bits per heavy atom. The van der Waals surface area contributed by atoms with Crippen LogP contribution in [-0.4, -0.2) is 16.0 Å². The minimum Gasteiger partial charge on any atom is -0.275 e. The minimum atomic E-state index is 0.392. The summed E-state index contributed by atoms with van der Waals surface area (Å²) in [4.78, 5) is 0. The van der Waals surface area contributed by atoms with Crippen molar-refractivity contribution in [3.63, 3.8) is 0 Å². The topological polar surface area (TPSA) is 42.2 Å². The average Bonchev–Trinajstić information content (AvgIpc) is 3.15. The van der Waals surface area contributed by atoms with E-state index in [-0.39, 0.29) is 0 Å². The Morgan fingerprint density at radius 3 is 2.14 bits per heavy atom. The quantitative estimate of drug-likeness (QED) is 0.269. The number of nitrogens with zero attached hydrogens (tertiary/aromatic N) is 3. The van der Waals surface area contributed by atoms with E-state index in [0.717, 1.165) is 22.5 Å². The lowest BCUT2D eigenvalue weighted by molar-refractivity contribution is 0.884. The summed E-state index contributed by atoms with van der Waals surface area (Å²) < 4.78 is 1.83. The maximum Gasteiger partial charge on any atom is 0.102 e. The largest absolute Gasteiger partial charge is 0.275 e. The van der Waals surface area contributed by atoms with Gasteiger partial charge in [-0.15, -0.1) is 0 Å². The molecule has 0 spiro atoms. The fourth-order valence-corrected chi connectivity index (χ4v) is 3.73. The first-order valence-electron chi connectivity index (χ1n) is 8.76. The van der Waals surface area contributed by atoms with E-state index in [0.29, 0.717) is 20.8 Å². The summed E-state index contributed by atoms with van der Waals surface area (Å²) in [5, 5.41) is 10.3. The van der Waals surface area contributed by atoms with Gasteiger partial charge in [0.2, 0.25) is 0 Å². The van der Waals surface area contributed by atoms with E-state index in [4.69, 9.17) is 39.9 Å². The highest BCUT2D eigenvalue weighted by atomic mass is 35.5. The molecule has 0 unspecified atom stereocenters. The van der Waals surface area contributed by atoms with Crippen molar-refractivity contribution in [3.05, 3.63) is 99.6 Å². The molecule has 0 amide bonds. The first kappa shape index (κ1) is 19.5. The van der Waals surface area contributed by atoms with E-state index >= 15 is 0 Å². The van der Waals surface area contributed by atoms with Gasteiger partial charge in [0.1, 0.15) is 5.69 Å². The van der Waals surface area contributed by atoms with Gasteiger partial charge >= 0.3 is 0 Å².